The van der Waals surface area contributed by atoms with E-state index >= 15 is 0 Å². The van der Waals surface area contributed by atoms with Crippen molar-refractivity contribution < 1.29 is 0 Å². The molecule has 1 rings (SSSR count). The molecule has 0 heterocycles. The van der Waals surface area contributed by atoms with E-state index in [0.29, 0.717) is 0 Å². The van der Waals surface area contributed by atoms with Gasteiger partial charge in [0.2, 0.25) is 0 Å². The summed E-state index contributed by atoms with van der Waals surface area (Å²) in [5.74, 6) is 0. The fourth-order valence-electron chi connectivity index (χ4n) is 1.17. The maximum atomic E-state index is 4.33. The number of hydrogen-bond donors (Lipinski definition) is 1. The summed E-state index contributed by atoms with van der Waals surface area (Å²) >= 11 is 4.33. The summed E-state index contributed by atoms with van der Waals surface area (Å²) in [5, 5.41) is 0. The molecule has 0 saturated carbocycles. The van der Waals surface area contributed by atoms with E-state index in [9.17, 15) is 0 Å². The number of hydrogen-bond acceptors (Lipinski definition) is 1. The lowest BCUT2D eigenvalue weighted by atomic mass is 10.1. The van der Waals surface area contributed by atoms with Crippen LogP contribution in [0.15, 0.2) is 29.2 Å². The lowest BCUT2D eigenvalue weighted by Gasteiger charge is -1.99. The first-order valence-electron chi connectivity index (χ1n) is 5.70. The minimum atomic E-state index is 1.06. The van der Waals surface area contributed by atoms with Crippen molar-refractivity contribution in [1.29, 1.82) is 0 Å². The molecular weight excluding hydrogens is 200 g/mol. The Bertz CT molecular complexity index is 300. The van der Waals surface area contributed by atoms with Crippen LogP contribution in [0.5, 0.6) is 0 Å². The van der Waals surface area contributed by atoms with Crippen molar-refractivity contribution in [3.05, 3.63) is 35.4 Å². The first kappa shape index (κ1) is 14.3. The molecule has 0 aromatic heterocycles. The van der Waals surface area contributed by atoms with Crippen molar-refractivity contribution in [2.75, 3.05) is 0 Å². The molecule has 0 aliphatic heterocycles. The number of unbranched alkanes of at least 4 members (excludes halogenated alkanes) is 1. The van der Waals surface area contributed by atoms with Crippen LogP contribution in [0, 0.1) is 6.92 Å². The number of thiol groups is 1. The SMILES string of the molecule is CC.CCC/C=C/c1ccc(S)c(C)c1. The van der Waals surface area contributed by atoms with E-state index in [-0.39, 0.29) is 0 Å². The third-order valence-corrected chi connectivity index (χ3v) is 2.49. The van der Waals surface area contributed by atoms with E-state index in [1.807, 2.05) is 19.9 Å². The zero-order valence-electron chi connectivity index (χ0n) is 10.2. The maximum Gasteiger partial charge on any atom is 0.00696 e. The van der Waals surface area contributed by atoms with E-state index in [1.54, 1.807) is 0 Å². The van der Waals surface area contributed by atoms with Crippen molar-refractivity contribution in [2.45, 2.75) is 45.4 Å². The molecule has 0 nitrogen and oxygen atoms in total. The zero-order valence-corrected chi connectivity index (χ0v) is 11.1. The van der Waals surface area contributed by atoms with Gasteiger partial charge in [-0.1, -0.05) is 51.5 Å². The molecule has 0 N–H and O–H groups in total. The fraction of sp³-hybridized carbons (Fsp3) is 0.429. The van der Waals surface area contributed by atoms with E-state index < -0.39 is 0 Å². The van der Waals surface area contributed by atoms with Crippen LogP contribution in [0.4, 0.5) is 0 Å². The minimum Gasteiger partial charge on any atom is -0.143 e. The average molecular weight is 222 g/mol. The molecule has 1 aromatic rings. The van der Waals surface area contributed by atoms with Crippen molar-refractivity contribution in [3.63, 3.8) is 0 Å². The van der Waals surface area contributed by atoms with Crippen LogP contribution in [-0.2, 0) is 0 Å². The highest BCUT2D eigenvalue weighted by atomic mass is 32.1. The van der Waals surface area contributed by atoms with Gasteiger partial charge in [-0.15, -0.1) is 12.6 Å². The van der Waals surface area contributed by atoms with E-state index in [0.717, 1.165) is 11.3 Å². The van der Waals surface area contributed by atoms with Gasteiger partial charge in [0, 0.05) is 4.90 Å². The highest BCUT2D eigenvalue weighted by Gasteiger charge is 1.92. The van der Waals surface area contributed by atoms with Gasteiger partial charge in [-0.3, -0.25) is 0 Å². The van der Waals surface area contributed by atoms with Crippen molar-refractivity contribution in [1.82, 2.24) is 0 Å². The van der Waals surface area contributed by atoms with Gasteiger partial charge in [-0.25, -0.2) is 0 Å². The minimum absolute atomic E-state index is 1.06. The number of allylic oxidation sites excluding steroid dienone is 1. The Morgan fingerprint density at radius 3 is 2.47 bits per heavy atom. The van der Waals surface area contributed by atoms with Crippen LogP contribution in [0.2, 0.25) is 0 Å². The Hall–Kier alpha value is -0.690. The average Bonchev–Trinajstić information content (AvgIpc) is 2.27. The second-order valence-electron chi connectivity index (χ2n) is 3.24. The zero-order chi connectivity index (χ0) is 11.7. The van der Waals surface area contributed by atoms with Gasteiger partial charge in [0.15, 0.2) is 0 Å². The fourth-order valence-corrected chi connectivity index (χ4v) is 1.31. The predicted molar refractivity (Wildman–Crippen MR) is 73.7 cm³/mol. The first-order valence-corrected chi connectivity index (χ1v) is 6.15. The molecule has 1 heteroatoms. The molecule has 0 atom stereocenters. The van der Waals surface area contributed by atoms with Gasteiger partial charge in [-0.05, 0) is 30.5 Å². The molecular formula is C14H22S. The Morgan fingerprint density at radius 2 is 1.93 bits per heavy atom. The molecule has 0 unspecified atom stereocenters. The van der Waals surface area contributed by atoms with Crippen molar-refractivity contribution >= 4 is 18.7 Å². The molecule has 0 radical (unpaired) electrons. The summed E-state index contributed by atoms with van der Waals surface area (Å²) in [6.45, 7) is 8.27. The molecule has 0 aliphatic carbocycles. The quantitative estimate of drug-likeness (QED) is 0.674. The Balaban J connectivity index is 0.000000921. The summed E-state index contributed by atoms with van der Waals surface area (Å²) in [7, 11) is 0. The van der Waals surface area contributed by atoms with E-state index in [2.05, 4.69) is 50.8 Å². The van der Waals surface area contributed by atoms with Crippen LogP contribution in [0.3, 0.4) is 0 Å². The number of benzene rings is 1. The van der Waals surface area contributed by atoms with Gasteiger partial charge in [0.25, 0.3) is 0 Å². The van der Waals surface area contributed by atoms with Gasteiger partial charge in [0.1, 0.15) is 0 Å². The smallest absolute Gasteiger partial charge is 0.00696 e. The topological polar surface area (TPSA) is 0 Å². The standard InChI is InChI=1S/C12H16S.C2H6/c1-3-4-5-6-11-7-8-12(13)10(2)9-11;1-2/h5-9,13H,3-4H2,1-2H3;1-2H3/b6-5+;. The normalized spacial score (nSPS) is 9.93. The largest absolute Gasteiger partial charge is 0.143 e. The van der Waals surface area contributed by atoms with Crippen LogP contribution in [0.25, 0.3) is 6.08 Å². The summed E-state index contributed by atoms with van der Waals surface area (Å²) in [6.07, 6.45) is 6.75. The van der Waals surface area contributed by atoms with Crippen molar-refractivity contribution in [3.8, 4) is 0 Å². The maximum absolute atomic E-state index is 4.33. The molecule has 15 heavy (non-hydrogen) atoms. The molecule has 0 amide bonds. The van der Waals surface area contributed by atoms with Crippen molar-refractivity contribution in [2.24, 2.45) is 0 Å². The first-order chi connectivity index (χ1) is 7.24. The lowest BCUT2D eigenvalue weighted by Crippen LogP contribution is -1.78. The summed E-state index contributed by atoms with van der Waals surface area (Å²) < 4.78 is 0. The van der Waals surface area contributed by atoms with E-state index in [4.69, 9.17) is 0 Å². The van der Waals surface area contributed by atoms with Crippen LogP contribution < -0.4 is 0 Å². The third kappa shape index (κ3) is 5.68. The second-order valence-corrected chi connectivity index (χ2v) is 3.72. The Morgan fingerprint density at radius 1 is 1.27 bits per heavy atom. The third-order valence-electron chi connectivity index (χ3n) is 1.99. The Kier molecular flexibility index (Phi) is 8.21. The highest BCUT2D eigenvalue weighted by Crippen LogP contribution is 2.15. The van der Waals surface area contributed by atoms with Gasteiger partial charge < -0.3 is 0 Å². The highest BCUT2D eigenvalue weighted by molar-refractivity contribution is 7.80. The molecule has 1 aromatic carbocycles. The lowest BCUT2D eigenvalue weighted by molar-refractivity contribution is 0.962. The molecule has 0 spiro atoms. The molecule has 0 aliphatic rings. The van der Waals surface area contributed by atoms with Gasteiger partial charge in [0.05, 0.1) is 0 Å². The monoisotopic (exact) mass is 222 g/mol. The van der Waals surface area contributed by atoms with Crippen LogP contribution >= 0.6 is 12.6 Å². The van der Waals surface area contributed by atoms with Gasteiger partial charge >= 0.3 is 0 Å². The molecule has 0 saturated heterocycles. The second kappa shape index (κ2) is 8.60. The summed E-state index contributed by atoms with van der Waals surface area (Å²) in [5.41, 5.74) is 2.51. The molecule has 0 bridgehead atoms. The number of aryl methyl sites for hydroxylation is 1. The summed E-state index contributed by atoms with van der Waals surface area (Å²) in [6, 6.07) is 6.31. The van der Waals surface area contributed by atoms with Crippen LogP contribution in [0.1, 0.15) is 44.7 Å². The molecule has 0 fully saturated rings. The molecule has 84 valence electrons. The van der Waals surface area contributed by atoms with Crippen LogP contribution in [-0.4, -0.2) is 0 Å². The van der Waals surface area contributed by atoms with E-state index in [1.165, 1.54) is 17.5 Å². The predicted octanol–water partition coefficient (Wildman–Crippen LogP) is 5.12. The summed E-state index contributed by atoms with van der Waals surface area (Å²) in [4.78, 5) is 1.06. The van der Waals surface area contributed by atoms with Gasteiger partial charge in [-0.2, -0.15) is 0 Å². The Labute approximate surface area is 99.8 Å². The number of rotatable bonds is 3.